The van der Waals surface area contributed by atoms with Gasteiger partial charge in [-0.05, 0) is 24.6 Å². The molecule has 0 amide bonds. The van der Waals surface area contributed by atoms with E-state index in [1.807, 2.05) is 6.07 Å². The number of hydrogen-bond acceptors (Lipinski definition) is 3. The summed E-state index contributed by atoms with van der Waals surface area (Å²) in [7, 11) is 2.15. The number of fused-ring (bicyclic) bond motifs is 1. The molecule has 5 heteroatoms. The van der Waals surface area contributed by atoms with Crippen LogP contribution in [0.5, 0.6) is 0 Å². The molecule has 0 spiro atoms. The van der Waals surface area contributed by atoms with Crippen LogP contribution in [0, 0.1) is 0 Å². The lowest BCUT2D eigenvalue weighted by Crippen LogP contribution is -2.24. The smallest absolute Gasteiger partial charge is 0.171 e. The molecular formula is C17H19Cl2NOS. The van der Waals surface area contributed by atoms with Crippen molar-refractivity contribution in [2.24, 2.45) is 0 Å². The van der Waals surface area contributed by atoms with E-state index in [4.69, 9.17) is 11.6 Å². The summed E-state index contributed by atoms with van der Waals surface area (Å²) in [5.41, 5.74) is 2.46. The number of benzene rings is 1. The molecule has 1 aliphatic heterocycles. The molecule has 1 aromatic heterocycles. The molecule has 0 radical (unpaired) electrons. The second kappa shape index (κ2) is 7.14. The Morgan fingerprint density at radius 2 is 2.00 bits per heavy atom. The maximum atomic E-state index is 11.8. The molecule has 1 aliphatic rings. The summed E-state index contributed by atoms with van der Waals surface area (Å²) in [6.07, 6.45) is 0.914. The van der Waals surface area contributed by atoms with E-state index in [1.165, 1.54) is 16.0 Å². The van der Waals surface area contributed by atoms with Crippen molar-refractivity contribution in [2.75, 3.05) is 20.1 Å². The largest absolute Gasteiger partial charge is 0.305 e. The van der Waals surface area contributed by atoms with Crippen molar-refractivity contribution < 1.29 is 4.79 Å². The lowest BCUT2D eigenvalue weighted by Gasteiger charge is -2.20. The highest BCUT2D eigenvalue weighted by Crippen LogP contribution is 2.42. The minimum absolute atomic E-state index is 0. The fourth-order valence-corrected chi connectivity index (χ4v) is 4.69. The number of thiophene rings is 1. The standard InChI is InChI=1S/C17H18ClNOS.ClH/c1-11(20)16-15(18)13-8-9-19(2)10-14(17(13)21-16)12-6-4-3-5-7-12;/h3-7,14H,8-10H2,1-2H3;1H. The van der Waals surface area contributed by atoms with E-state index in [0.29, 0.717) is 15.8 Å². The Labute approximate surface area is 146 Å². The van der Waals surface area contributed by atoms with E-state index in [1.54, 1.807) is 18.3 Å². The summed E-state index contributed by atoms with van der Waals surface area (Å²) in [5, 5.41) is 0.679. The summed E-state index contributed by atoms with van der Waals surface area (Å²) in [4.78, 5) is 16.1. The average Bonchev–Trinajstić information content (AvgIpc) is 2.70. The first kappa shape index (κ1) is 17.5. The van der Waals surface area contributed by atoms with Gasteiger partial charge in [-0.15, -0.1) is 23.7 Å². The van der Waals surface area contributed by atoms with Gasteiger partial charge >= 0.3 is 0 Å². The number of nitrogens with zero attached hydrogens (tertiary/aromatic N) is 1. The van der Waals surface area contributed by atoms with Crippen molar-refractivity contribution in [3.05, 3.63) is 56.2 Å². The molecule has 1 atom stereocenters. The minimum Gasteiger partial charge on any atom is -0.305 e. The topological polar surface area (TPSA) is 20.3 Å². The number of halogens is 2. The quantitative estimate of drug-likeness (QED) is 0.731. The number of carbonyl (C=O) groups is 1. The normalized spacial score (nSPS) is 18.2. The third-order valence-electron chi connectivity index (χ3n) is 4.05. The highest BCUT2D eigenvalue weighted by Gasteiger charge is 2.29. The van der Waals surface area contributed by atoms with Gasteiger partial charge in [0.05, 0.1) is 9.90 Å². The van der Waals surface area contributed by atoms with Crippen LogP contribution >= 0.6 is 35.3 Å². The second-order valence-corrected chi connectivity index (χ2v) is 7.05. The third-order valence-corrected chi connectivity index (χ3v) is 6.03. The molecule has 0 saturated carbocycles. The Kier molecular flexibility index (Phi) is 5.67. The summed E-state index contributed by atoms with van der Waals surface area (Å²) < 4.78 is 0. The molecule has 1 aromatic carbocycles. The van der Waals surface area contributed by atoms with Crippen molar-refractivity contribution in [3.63, 3.8) is 0 Å². The minimum atomic E-state index is 0. The molecule has 22 heavy (non-hydrogen) atoms. The van der Waals surface area contributed by atoms with Crippen LogP contribution in [0.2, 0.25) is 5.02 Å². The Morgan fingerprint density at radius 3 is 2.64 bits per heavy atom. The molecule has 2 heterocycles. The fourth-order valence-electron chi connectivity index (χ4n) is 2.93. The Hall–Kier alpha value is -0.870. The average molecular weight is 356 g/mol. The van der Waals surface area contributed by atoms with Gasteiger partial charge < -0.3 is 4.90 Å². The molecule has 0 fully saturated rings. The molecule has 0 saturated heterocycles. The van der Waals surface area contributed by atoms with Gasteiger partial charge in [0.25, 0.3) is 0 Å². The highest BCUT2D eigenvalue weighted by atomic mass is 35.5. The molecule has 0 N–H and O–H groups in total. The van der Waals surface area contributed by atoms with Gasteiger partial charge in [-0.2, -0.15) is 0 Å². The lowest BCUT2D eigenvalue weighted by molar-refractivity contribution is 0.102. The number of Topliss-reactive ketones (excluding diaryl/α,β-unsaturated/α-hetero) is 1. The predicted molar refractivity (Wildman–Crippen MR) is 96.1 cm³/mol. The van der Waals surface area contributed by atoms with Crippen molar-refractivity contribution in [3.8, 4) is 0 Å². The molecule has 2 aromatic rings. The van der Waals surface area contributed by atoms with Crippen LogP contribution in [0.3, 0.4) is 0 Å². The van der Waals surface area contributed by atoms with Gasteiger partial charge in [-0.1, -0.05) is 41.9 Å². The summed E-state index contributed by atoms with van der Waals surface area (Å²) >= 11 is 8.06. The SMILES string of the molecule is CC(=O)c1sc2c(c1Cl)CCN(C)CC2c1ccccc1.Cl. The summed E-state index contributed by atoms with van der Waals surface area (Å²) in [5.74, 6) is 0.363. The van der Waals surface area contributed by atoms with Crippen LogP contribution in [-0.2, 0) is 6.42 Å². The first-order valence-corrected chi connectivity index (χ1v) is 8.33. The zero-order valence-corrected chi connectivity index (χ0v) is 15.0. The third kappa shape index (κ3) is 3.23. The molecule has 118 valence electrons. The molecule has 3 rings (SSSR count). The highest BCUT2D eigenvalue weighted by molar-refractivity contribution is 7.15. The molecule has 0 aliphatic carbocycles. The summed E-state index contributed by atoms with van der Waals surface area (Å²) in [6.45, 7) is 3.54. The van der Waals surface area contributed by atoms with Crippen LogP contribution in [0.25, 0.3) is 0 Å². The molecular weight excluding hydrogens is 337 g/mol. The van der Waals surface area contributed by atoms with Crippen molar-refractivity contribution in [2.45, 2.75) is 19.3 Å². The van der Waals surface area contributed by atoms with E-state index < -0.39 is 0 Å². The van der Waals surface area contributed by atoms with Crippen molar-refractivity contribution in [1.29, 1.82) is 0 Å². The Bertz CT molecular complexity index is 669. The van der Waals surface area contributed by atoms with Crippen LogP contribution in [0.1, 0.15) is 38.5 Å². The van der Waals surface area contributed by atoms with Crippen LogP contribution < -0.4 is 0 Å². The van der Waals surface area contributed by atoms with Gasteiger partial charge in [0.2, 0.25) is 0 Å². The number of carbonyl (C=O) groups excluding carboxylic acids is 1. The van der Waals surface area contributed by atoms with E-state index in [-0.39, 0.29) is 18.2 Å². The van der Waals surface area contributed by atoms with Crippen molar-refractivity contribution in [1.82, 2.24) is 4.90 Å². The zero-order chi connectivity index (χ0) is 15.0. The van der Waals surface area contributed by atoms with Gasteiger partial charge in [-0.25, -0.2) is 0 Å². The van der Waals surface area contributed by atoms with Crippen LogP contribution in [-0.4, -0.2) is 30.8 Å². The van der Waals surface area contributed by atoms with E-state index >= 15 is 0 Å². The maximum absolute atomic E-state index is 11.8. The number of hydrogen-bond donors (Lipinski definition) is 0. The molecule has 0 bridgehead atoms. The number of likely N-dealkylation sites (N-methyl/N-ethyl adjacent to an activating group) is 1. The van der Waals surface area contributed by atoms with Gasteiger partial charge in [0, 0.05) is 30.8 Å². The number of rotatable bonds is 2. The van der Waals surface area contributed by atoms with Crippen LogP contribution in [0.15, 0.2) is 30.3 Å². The van der Waals surface area contributed by atoms with Gasteiger partial charge in [-0.3, -0.25) is 4.79 Å². The fraction of sp³-hybridized carbons (Fsp3) is 0.353. The second-order valence-electron chi connectivity index (χ2n) is 5.62. The molecule has 2 nitrogen and oxygen atoms in total. The number of ketones is 1. The van der Waals surface area contributed by atoms with E-state index in [0.717, 1.165) is 19.5 Å². The Morgan fingerprint density at radius 1 is 1.32 bits per heavy atom. The predicted octanol–water partition coefficient (Wildman–Crippen LogP) is 4.65. The monoisotopic (exact) mass is 355 g/mol. The first-order chi connectivity index (χ1) is 10.1. The van der Waals surface area contributed by atoms with E-state index in [9.17, 15) is 4.79 Å². The van der Waals surface area contributed by atoms with Crippen molar-refractivity contribution >= 4 is 41.1 Å². The lowest BCUT2D eigenvalue weighted by atomic mass is 9.95. The van der Waals surface area contributed by atoms with E-state index in [2.05, 4.69) is 36.2 Å². The zero-order valence-electron chi connectivity index (χ0n) is 12.6. The Balaban J connectivity index is 0.00000176. The van der Waals surface area contributed by atoms with Gasteiger partial charge in [0.15, 0.2) is 5.78 Å². The molecule has 1 unspecified atom stereocenters. The van der Waals surface area contributed by atoms with Gasteiger partial charge in [0.1, 0.15) is 0 Å². The van der Waals surface area contributed by atoms with Crippen LogP contribution in [0.4, 0.5) is 0 Å². The first-order valence-electron chi connectivity index (χ1n) is 7.13. The summed E-state index contributed by atoms with van der Waals surface area (Å²) in [6, 6.07) is 10.5. The maximum Gasteiger partial charge on any atom is 0.171 e.